The van der Waals surface area contributed by atoms with Gasteiger partial charge in [0.25, 0.3) is 0 Å². The molecule has 0 saturated heterocycles. The van der Waals surface area contributed by atoms with E-state index < -0.39 is 28.5 Å². The van der Waals surface area contributed by atoms with E-state index in [9.17, 15) is 18.3 Å². The predicted octanol–water partition coefficient (Wildman–Crippen LogP) is 2.73. The summed E-state index contributed by atoms with van der Waals surface area (Å²) in [6, 6.07) is 4.62. The van der Waals surface area contributed by atoms with Crippen LogP contribution in [0.4, 0.5) is 5.82 Å². The molecule has 174 valence electrons. The highest BCUT2D eigenvalue weighted by Gasteiger charge is 2.28. The molecule has 2 aromatic rings. The third-order valence-electron chi connectivity index (χ3n) is 5.77. The summed E-state index contributed by atoms with van der Waals surface area (Å²) in [4.78, 5) is 21.7. The van der Waals surface area contributed by atoms with Gasteiger partial charge in [0.15, 0.2) is 15.7 Å². The first-order chi connectivity index (χ1) is 15.2. The van der Waals surface area contributed by atoms with Gasteiger partial charge < -0.3 is 15.5 Å². The van der Waals surface area contributed by atoms with Crippen LogP contribution in [0.3, 0.4) is 0 Å². The Kier molecular flexibility index (Phi) is 8.21. The number of halogens is 1. The average molecular weight is 482 g/mol. The number of anilines is 1. The lowest BCUT2D eigenvalue weighted by Gasteiger charge is -2.22. The first-order valence-electron chi connectivity index (χ1n) is 10.6. The maximum absolute atomic E-state index is 13.3. The summed E-state index contributed by atoms with van der Waals surface area (Å²) in [6.07, 6.45) is 7.95. The van der Waals surface area contributed by atoms with Gasteiger partial charge in [-0.3, -0.25) is 9.78 Å². The number of carbonyl (C=O) groups is 1. The zero-order chi connectivity index (χ0) is 23.3. The van der Waals surface area contributed by atoms with Gasteiger partial charge in [0.2, 0.25) is 5.91 Å². The van der Waals surface area contributed by atoms with Gasteiger partial charge in [0, 0.05) is 25.1 Å². The minimum Gasteiger partial charge on any atom is -0.394 e. The van der Waals surface area contributed by atoms with Gasteiger partial charge in [-0.15, -0.1) is 0 Å². The van der Waals surface area contributed by atoms with Gasteiger partial charge in [-0.1, -0.05) is 43.4 Å². The third-order valence-corrected chi connectivity index (χ3v) is 7.35. The summed E-state index contributed by atoms with van der Waals surface area (Å²) >= 11 is 6.25. The van der Waals surface area contributed by atoms with E-state index in [0.29, 0.717) is 23.6 Å². The third kappa shape index (κ3) is 6.25. The predicted molar refractivity (Wildman–Crippen MR) is 121 cm³/mol. The molecule has 0 bridgehead atoms. The van der Waals surface area contributed by atoms with Crippen LogP contribution in [0, 0.1) is 5.92 Å². The number of aromatic nitrogens is 2. The van der Waals surface area contributed by atoms with Crippen molar-refractivity contribution >= 4 is 33.2 Å². The number of benzene rings is 1. The van der Waals surface area contributed by atoms with Crippen LogP contribution in [0.15, 0.2) is 35.5 Å². The molecule has 1 aliphatic rings. The fourth-order valence-corrected chi connectivity index (χ4v) is 5.46. The van der Waals surface area contributed by atoms with E-state index >= 15 is 0 Å². The molecular weight excluding hydrogens is 454 g/mol. The van der Waals surface area contributed by atoms with Crippen LogP contribution in [0.25, 0.3) is 0 Å². The van der Waals surface area contributed by atoms with Crippen molar-refractivity contribution in [3.8, 4) is 0 Å². The normalized spacial score (nSPS) is 16.6. The van der Waals surface area contributed by atoms with Crippen LogP contribution in [-0.4, -0.2) is 53.5 Å². The van der Waals surface area contributed by atoms with Crippen molar-refractivity contribution in [1.29, 1.82) is 0 Å². The molecule has 10 heteroatoms. The number of rotatable bonds is 9. The SMILES string of the molecule is CS(=O)(=O)c1ccc([C@@H](CC2CCCC2)C(=O)Nc2nccnc2C[C@@H](O)CO)cc1Cl. The molecule has 1 fully saturated rings. The zero-order valence-corrected chi connectivity index (χ0v) is 19.4. The number of amides is 1. The molecular formula is C22H28ClN3O5S. The maximum atomic E-state index is 13.3. The number of nitrogens with zero attached hydrogens (tertiary/aromatic N) is 2. The highest BCUT2D eigenvalue weighted by molar-refractivity contribution is 7.90. The fraction of sp³-hybridized carbons (Fsp3) is 0.500. The highest BCUT2D eigenvalue weighted by atomic mass is 35.5. The van der Waals surface area contributed by atoms with Crippen LogP contribution in [0.1, 0.15) is 49.3 Å². The standard InChI is InChI=1S/C22H28ClN3O5S/c1-32(30,31)20-7-6-15(11-18(20)23)17(10-14-4-2-3-5-14)22(29)26-21-19(12-16(28)13-27)24-8-9-25-21/h6-9,11,14,16-17,27-28H,2-5,10,12-13H2,1H3,(H,25,26,29)/t16-,17-/m1/s1. The van der Waals surface area contributed by atoms with Crippen molar-refractivity contribution in [1.82, 2.24) is 9.97 Å². The van der Waals surface area contributed by atoms with Crippen LogP contribution in [0.5, 0.6) is 0 Å². The Morgan fingerprint density at radius 3 is 2.56 bits per heavy atom. The Bertz CT molecular complexity index is 1060. The second-order valence-corrected chi connectivity index (χ2v) is 10.7. The number of aliphatic hydroxyl groups is 2. The summed E-state index contributed by atoms with van der Waals surface area (Å²) < 4.78 is 23.8. The molecule has 0 radical (unpaired) electrons. The maximum Gasteiger partial charge on any atom is 0.233 e. The number of hydrogen-bond acceptors (Lipinski definition) is 7. The first kappa shape index (κ1) is 24.6. The topological polar surface area (TPSA) is 129 Å². The lowest BCUT2D eigenvalue weighted by atomic mass is 9.87. The number of carbonyl (C=O) groups excluding carboxylic acids is 1. The van der Waals surface area contributed by atoms with E-state index in [-0.39, 0.29) is 28.1 Å². The lowest BCUT2D eigenvalue weighted by molar-refractivity contribution is -0.118. The van der Waals surface area contributed by atoms with Gasteiger partial charge in [-0.2, -0.15) is 0 Å². The van der Waals surface area contributed by atoms with E-state index in [1.54, 1.807) is 12.1 Å². The molecule has 2 atom stereocenters. The van der Waals surface area contributed by atoms with Crippen LogP contribution in [-0.2, 0) is 21.1 Å². The molecule has 32 heavy (non-hydrogen) atoms. The summed E-state index contributed by atoms with van der Waals surface area (Å²) in [5, 5.41) is 21.8. The summed E-state index contributed by atoms with van der Waals surface area (Å²) in [7, 11) is -3.48. The summed E-state index contributed by atoms with van der Waals surface area (Å²) in [6.45, 7) is -0.431. The minimum atomic E-state index is -3.48. The largest absolute Gasteiger partial charge is 0.394 e. The van der Waals surface area contributed by atoms with Gasteiger partial charge in [-0.25, -0.2) is 13.4 Å². The number of aliphatic hydroxyl groups excluding tert-OH is 2. The van der Waals surface area contributed by atoms with Crippen molar-refractivity contribution in [3.63, 3.8) is 0 Å². The van der Waals surface area contributed by atoms with E-state index in [0.717, 1.165) is 31.9 Å². The minimum absolute atomic E-state index is 0.0251. The molecule has 1 aromatic heterocycles. The Hall–Kier alpha value is -2.07. The van der Waals surface area contributed by atoms with E-state index in [2.05, 4.69) is 15.3 Å². The smallest absolute Gasteiger partial charge is 0.233 e. The average Bonchev–Trinajstić information content (AvgIpc) is 3.25. The molecule has 8 nitrogen and oxygen atoms in total. The summed E-state index contributed by atoms with van der Waals surface area (Å²) in [5.41, 5.74) is 1.00. The number of hydrogen-bond donors (Lipinski definition) is 3. The van der Waals surface area contributed by atoms with Gasteiger partial charge in [0.1, 0.15) is 0 Å². The Morgan fingerprint density at radius 2 is 1.94 bits per heavy atom. The number of nitrogens with one attached hydrogen (secondary N) is 1. The molecule has 1 amide bonds. The second-order valence-electron chi connectivity index (χ2n) is 8.28. The van der Waals surface area contributed by atoms with Crippen molar-refractivity contribution in [2.24, 2.45) is 5.92 Å². The van der Waals surface area contributed by atoms with E-state index in [1.807, 2.05) is 0 Å². The van der Waals surface area contributed by atoms with Crippen molar-refractivity contribution in [2.45, 2.75) is 55.4 Å². The molecule has 1 saturated carbocycles. The molecule has 0 spiro atoms. The van der Waals surface area contributed by atoms with Crippen molar-refractivity contribution in [2.75, 3.05) is 18.2 Å². The van der Waals surface area contributed by atoms with E-state index in [4.69, 9.17) is 16.7 Å². The molecule has 1 aromatic carbocycles. The van der Waals surface area contributed by atoms with Crippen LogP contribution in [0.2, 0.25) is 5.02 Å². The lowest BCUT2D eigenvalue weighted by Crippen LogP contribution is -2.25. The van der Waals surface area contributed by atoms with Crippen LogP contribution < -0.4 is 5.32 Å². The molecule has 0 aliphatic heterocycles. The zero-order valence-electron chi connectivity index (χ0n) is 17.9. The fourth-order valence-electron chi connectivity index (χ4n) is 4.12. The van der Waals surface area contributed by atoms with Crippen LogP contribution >= 0.6 is 11.6 Å². The number of sulfone groups is 1. The Balaban J connectivity index is 1.90. The second kappa shape index (κ2) is 10.7. The highest BCUT2D eigenvalue weighted by Crippen LogP contribution is 2.36. The first-order valence-corrected chi connectivity index (χ1v) is 12.8. The Labute approximate surface area is 193 Å². The molecule has 1 heterocycles. The summed E-state index contributed by atoms with van der Waals surface area (Å²) in [5.74, 6) is -0.251. The molecule has 1 aliphatic carbocycles. The van der Waals surface area contributed by atoms with Gasteiger partial charge >= 0.3 is 0 Å². The van der Waals surface area contributed by atoms with Crippen molar-refractivity contribution in [3.05, 3.63) is 46.9 Å². The molecule has 3 N–H and O–H groups in total. The molecule has 0 unspecified atom stereocenters. The Morgan fingerprint density at radius 1 is 1.25 bits per heavy atom. The monoisotopic (exact) mass is 481 g/mol. The van der Waals surface area contributed by atoms with Gasteiger partial charge in [-0.05, 0) is 30.0 Å². The molecule has 3 rings (SSSR count). The van der Waals surface area contributed by atoms with E-state index in [1.165, 1.54) is 18.5 Å². The van der Waals surface area contributed by atoms with Crippen molar-refractivity contribution < 1.29 is 23.4 Å². The quantitative estimate of drug-likeness (QED) is 0.502. The van der Waals surface area contributed by atoms with Gasteiger partial charge in [0.05, 0.1) is 34.2 Å².